The summed E-state index contributed by atoms with van der Waals surface area (Å²) in [6.45, 7) is 0. The standard InChI is InChI=1S/C12H10BN5O2S2/c13-10-11(18-3-4-21-12(18)15-10)22(19,20)17-8-2-1-7-6-14-16-9(7)5-8/h1-6,10-11,17H,(H,14,16). The van der Waals surface area contributed by atoms with Gasteiger partial charge in [0.15, 0.2) is 10.5 Å². The Labute approximate surface area is 132 Å². The number of nitrogens with one attached hydrogen (secondary N) is 2. The summed E-state index contributed by atoms with van der Waals surface area (Å²) in [5.74, 6) is -0.819. The van der Waals surface area contributed by atoms with Crippen molar-refractivity contribution in [2.45, 2.75) is 11.3 Å². The van der Waals surface area contributed by atoms with Crippen molar-refractivity contribution < 1.29 is 8.42 Å². The fourth-order valence-corrected chi connectivity index (χ4v) is 4.82. The maximum atomic E-state index is 12.7. The average Bonchev–Trinajstić information content (AvgIpc) is 3.11. The van der Waals surface area contributed by atoms with E-state index in [4.69, 9.17) is 7.85 Å². The van der Waals surface area contributed by atoms with Crippen LogP contribution in [0, 0.1) is 0 Å². The maximum absolute atomic E-state index is 12.7. The van der Waals surface area contributed by atoms with Crippen LogP contribution in [0.5, 0.6) is 0 Å². The molecule has 4 rings (SSSR count). The van der Waals surface area contributed by atoms with Gasteiger partial charge >= 0.3 is 0 Å². The molecule has 1 aromatic heterocycles. The highest BCUT2D eigenvalue weighted by atomic mass is 32.2. The van der Waals surface area contributed by atoms with Gasteiger partial charge in [0, 0.05) is 17.5 Å². The van der Waals surface area contributed by atoms with Crippen LogP contribution in [0.3, 0.4) is 0 Å². The lowest BCUT2D eigenvalue weighted by Crippen LogP contribution is -2.44. The Kier molecular flexibility index (Phi) is 2.98. The molecule has 0 spiro atoms. The molecule has 22 heavy (non-hydrogen) atoms. The smallest absolute Gasteiger partial charge is 0.255 e. The van der Waals surface area contributed by atoms with E-state index in [1.165, 1.54) is 11.8 Å². The number of aliphatic imine (C=N–C) groups is 1. The number of rotatable bonds is 3. The van der Waals surface area contributed by atoms with E-state index in [1.807, 2.05) is 0 Å². The van der Waals surface area contributed by atoms with E-state index in [2.05, 4.69) is 19.9 Å². The minimum absolute atomic E-state index is 0.452. The van der Waals surface area contributed by atoms with E-state index in [0.29, 0.717) is 10.9 Å². The quantitative estimate of drug-likeness (QED) is 0.820. The van der Waals surface area contributed by atoms with Crippen molar-refractivity contribution in [3.05, 3.63) is 36.0 Å². The number of hydrogen-bond acceptors (Lipinski definition) is 6. The molecule has 0 aliphatic carbocycles. The highest BCUT2D eigenvalue weighted by Gasteiger charge is 2.43. The number of benzene rings is 1. The molecule has 2 unspecified atom stereocenters. The van der Waals surface area contributed by atoms with Gasteiger partial charge < -0.3 is 4.90 Å². The molecule has 2 aromatic rings. The Morgan fingerprint density at radius 3 is 3.14 bits per heavy atom. The number of thioether (sulfide) groups is 1. The van der Waals surface area contributed by atoms with Crippen LogP contribution in [-0.4, -0.2) is 47.8 Å². The van der Waals surface area contributed by atoms with Gasteiger partial charge in [-0.3, -0.25) is 14.8 Å². The lowest BCUT2D eigenvalue weighted by molar-refractivity contribution is 0.503. The molecule has 2 atom stereocenters. The third kappa shape index (κ3) is 2.10. The van der Waals surface area contributed by atoms with Gasteiger partial charge in [-0.15, -0.1) is 0 Å². The third-order valence-electron chi connectivity index (χ3n) is 3.46. The summed E-state index contributed by atoms with van der Waals surface area (Å²) in [7, 11) is 2.14. The first-order valence-electron chi connectivity index (χ1n) is 6.44. The number of aromatic amines is 1. The van der Waals surface area contributed by atoms with E-state index in [0.717, 1.165) is 10.9 Å². The summed E-state index contributed by atoms with van der Waals surface area (Å²) >= 11 is 1.36. The molecule has 7 nitrogen and oxygen atoms in total. The second kappa shape index (κ2) is 4.78. The Morgan fingerprint density at radius 1 is 1.41 bits per heavy atom. The van der Waals surface area contributed by atoms with Gasteiger partial charge in [0.05, 0.1) is 17.4 Å². The van der Waals surface area contributed by atoms with Crippen LogP contribution in [0.25, 0.3) is 10.9 Å². The molecule has 0 saturated carbocycles. The predicted octanol–water partition coefficient (Wildman–Crippen LogP) is 1.01. The first-order chi connectivity index (χ1) is 10.5. The predicted molar refractivity (Wildman–Crippen MR) is 88.0 cm³/mol. The van der Waals surface area contributed by atoms with Gasteiger partial charge in [0.1, 0.15) is 7.85 Å². The number of anilines is 1. The van der Waals surface area contributed by atoms with Crippen LogP contribution in [0.2, 0.25) is 0 Å². The molecular formula is C12H10BN5O2S2. The Bertz CT molecular complexity index is 907. The first kappa shape index (κ1) is 13.7. The molecule has 2 N–H and O–H groups in total. The summed E-state index contributed by atoms with van der Waals surface area (Å²) in [6, 6.07) is 5.17. The van der Waals surface area contributed by atoms with Crippen molar-refractivity contribution in [2.75, 3.05) is 4.72 Å². The van der Waals surface area contributed by atoms with E-state index < -0.39 is 21.3 Å². The van der Waals surface area contributed by atoms with E-state index in [1.54, 1.807) is 40.9 Å². The van der Waals surface area contributed by atoms with Gasteiger partial charge in [-0.05, 0) is 23.6 Å². The zero-order valence-corrected chi connectivity index (χ0v) is 12.8. The van der Waals surface area contributed by atoms with Crippen molar-refractivity contribution in [3.8, 4) is 0 Å². The van der Waals surface area contributed by atoms with Crippen molar-refractivity contribution in [3.63, 3.8) is 0 Å². The van der Waals surface area contributed by atoms with Crippen molar-refractivity contribution in [1.29, 1.82) is 0 Å². The zero-order valence-electron chi connectivity index (χ0n) is 11.2. The normalized spacial score (nSPS) is 23.8. The molecular weight excluding hydrogens is 321 g/mol. The Morgan fingerprint density at radius 2 is 2.27 bits per heavy atom. The molecule has 0 fully saturated rings. The molecule has 10 heteroatoms. The van der Waals surface area contributed by atoms with Gasteiger partial charge in [0.2, 0.25) is 0 Å². The summed E-state index contributed by atoms with van der Waals surface area (Å²) in [5.41, 5.74) is 1.21. The Hall–Kier alpha value is -1.94. The lowest BCUT2D eigenvalue weighted by Gasteiger charge is -2.24. The second-order valence-electron chi connectivity index (χ2n) is 4.92. The molecule has 3 heterocycles. The van der Waals surface area contributed by atoms with Gasteiger partial charge in [-0.1, -0.05) is 11.8 Å². The number of H-pyrrole nitrogens is 1. The fourth-order valence-electron chi connectivity index (χ4n) is 2.49. The van der Waals surface area contributed by atoms with Crippen LogP contribution >= 0.6 is 11.8 Å². The van der Waals surface area contributed by atoms with Crippen LogP contribution in [-0.2, 0) is 10.0 Å². The summed E-state index contributed by atoms with van der Waals surface area (Å²) in [5, 5.41) is 9.06. The summed E-state index contributed by atoms with van der Waals surface area (Å²) < 4.78 is 27.9. The monoisotopic (exact) mass is 331 g/mol. The number of fused-ring (bicyclic) bond motifs is 2. The van der Waals surface area contributed by atoms with E-state index >= 15 is 0 Å². The number of nitrogens with zero attached hydrogens (tertiary/aromatic N) is 3. The molecule has 0 bridgehead atoms. The minimum atomic E-state index is -3.73. The Balaban J connectivity index is 1.65. The van der Waals surface area contributed by atoms with Crippen molar-refractivity contribution >= 4 is 51.4 Å². The lowest BCUT2D eigenvalue weighted by atomic mass is 9.98. The second-order valence-corrected chi connectivity index (χ2v) is 7.57. The van der Waals surface area contributed by atoms with Crippen LogP contribution in [0.4, 0.5) is 5.69 Å². The fraction of sp³-hybridized carbons (Fsp3) is 0.167. The molecule has 1 aromatic carbocycles. The number of sulfonamides is 1. The largest absolute Gasteiger partial charge is 0.306 e. The van der Waals surface area contributed by atoms with Gasteiger partial charge in [-0.25, -0.2) is 8.42 Å². The van der Waals surface area contributed by atoms with E-state index in [9.17, 15) is 8.42 Å². The molecule has 0 saturated heterocycles. The first-order valence-corrected chi connectivity index (χ1v) is 8.87. The maximum Gasteiger partial charge on any atom is 0.255 e. The SMILES string of the molecule is [B]C1N=C2SC=CN2C1S(=O)(=O)Nc1ccc2cn[nH]c2c1. The minimum Gasteiger partial charge on any atom is -0.306 e. The summed E-state index contributed by atoms with van der Waals surface area (Å²) in [6.07, 6.45) is 3.35. The molecule has 110 valence electrons. The molecule has 0 amide bonds. The van der Waals surface area contributed by atoms with Crippen LogP contribution in [0.15, 0.2) is 41.0 Å². The number of aromatic nitrogens is 2. The van der Waals surface area contributed by atoms with Crippen molar-refractivity contribution in [1.82, 2.24) is 15.1 Å². The summed E-state index contributed by atoms with van der Waals surface area (Å²) in [4.78, 5) is 5.74. The highest BCUT2D eigenvalue weighted by Crippen LogP contribution is 2.32. The zero-order chi connectivity index (χ0) is 15.3. The van der Waals surface area contributed by atoms with Gasteiger partial charge in [-0.2, -0.15) is 5.10 Å². The number of hydrogen-bond donors (Lipinski definition) is 2. The molecule has 2 aliphatic rings. The van der Waals surface area contributed by atoms with Crippen LogP contribution in [0.1, 0.15) is 0 Å². The highest BCUT2D eigenvalue weighted by molar-refractivity contribution is 8.16. The average molecular weight is 331 g/mol. The van der Waals surface area contributed by atoms with E-state index in [-0.39, 0.29) is 0 Å². The van der Waals surface area contributed by atoms with Crippen LogP contribution < -0.4 is 4.72 Å². The van der Waals surface area contributed by atoms with Crippen molar-refractivity contribution in [2.24, 2.45) is 4.99 Å². The van der Waals surface area contributed by atoms with Gasteiger partial charge in [0.25, 0.3) is 10.0 Å². The number of amidine groups is 1. The third-order valence-corrected chi connectivity index (χ3v) is 5.91. The topological polar surface area (TPSA) is 90.4 Å². The molecule has 2 radical (unpaired) electrons. The molecule has 2 aliphatic heterocycles.